The normalized spacial score (nSPS) is 17.8. The number of allylic oxidation sites excluding steroid dienone is 5. The van der Waals surface area contributed by atoms with Gasteiger partial charge < -0.3 is 4.74 Å². The van der Waals surface area contributed by atoms with Crippen LogP contribution in [0.3, 0.4) is 0 Å². The molecule has 0 atom stereocenters. The molecule has 0 aromatic rings. The van der Waals surface area contributed by atoms with E-state index in [4.69, 9.17) is 4.74 Å². The van der Waals surface area contributed by atoms with Crippen LogP contribution in [-0.2, 0) is 14.3 Å². The van der Waals surface area contributed by atoms with E-state index in [0.717, 1.165) is 32.1 Å². The van der Waals surface area contributed by atoms with Crippen LogP contribution in [0.25, 0.3) is 0 Å². The van der Waals surface area contributed by atoms with E-state index in [1.54, 1.807) is 0 Å². The van der Waals surface area contributed by atoms with Gasteiger partial charge in [-0.1, -0.05) is 30.4 Å². The molecule has 4 nitrogen and oxygen atoms in total. The van der Waals surface area contributed by atoms with Crippen LogP contribution in [0.1, 0.15) is 32.1 Å². The lowest BCUT2D eigenvalue weighted by Crippen LogP contribution is -2.30. The summed E-state index contributed by atoms with van der Waals surface area (Å²) in [5.41, 5.74) is 1.25. The maximum atomic E-state index is 11.3. The zero-order valence-electron chi connectivity index (χ0n) is 12.9. The molecule has 0 saturated heterocycles. The van der Waals surface area contributed by atoms with Gasteiger partial charge in [0.15, 0.2) is 0 Å². The molecule has 0 fully saturated rings. The van der Waals surface area contributed by atoms with E-state index < -0.39 is 0 Å². The molecule has 0 aromatic heterocycles. The first-order chi connectivity index (χ1) is 10.8. The summed E-state index contributed by atoms with van der Waals surface area (Å²) in [6.07, 6.45) is 18.3. The molecule has 118 valence electrons. The lowest BCUT2D eigenvalue weighted by Gasteiger charge is -2.12. The number of amides is 2. The summed E-state index contributed by atoms with van der Waals surface area (Å²) in [7, 11) is 0. The molecule has 1 aliphatic carbocycles. The Kier molecular flexibility index (Phi) is 6.84. The van der Waals surface area contributed by atoms with Crippen molar-refractivity contribution in [2.75, 3.05) is 19.8 Å². The van der Waals surface area contributed by atoms with Crippen molar-refractivity contribution in [1.82, 2.24) is 4.90 Å². The van der Waals surface area contributed by atoms with Crippen molar-refractivity contribution in [1.29, 1.82) is 0 Å². The molecule has 2 aliphatic rings. The minimum Gasteiger partial charge on any atom is -0.377 e. The molecule has 1 heterocycles. The SMILES string of the molecule is O=C1C=CC(=O)N1CCCCCOC/C=C/C1=CCCC=C1. The first-order valence-corrected chi connectivity index (χ1v) is 7.92. The lowest BCUT2D eigenvalue weighted by atomic mass is 10.1. The zero-order valence-corrected chi connectivity index (χ0v) is 12.9. The van der Waals surface area contributed by atoms with Crippen LogP contribution in [0.2, 0.25) is 0 Å². The van der Waals surface area contributed by atoms with Gasteiger partial charge in [0.1, 0.15) is 0 Å². The molecular formula is C18H23NO3. The zero-order chi connectivity index (χ0) is 15.6. The van der Waals surface area contributed by atoms with Crippen molar-refractivity contribution >= 4 is 11.8 Å². The summed E-state index contributed by atoms with van der Waals surface area (Å²) in [4.78, 5) is 23.9. The summed E-state index contributed by atoms with van der Waals surface area (Å²) in [6.45, 7) is 1.84. The fourth-order valence-electron chi connectivity index (χ4n) is 2.40. The van der Waals surface area contributed by atoms with Crippen LogP contribution in [0.15, 0.2) is 48.1 Å². The third-order valence-corrected chi connectivity index (χ3v) is 3.62. The molecular weight excluding hydrogens is 278 g/mol. The van der Waals surface area contributed by atoms with Crippen molar-refractivity contribution < 1.29 is 14.3 Å². The maximum absolute atomic E-state index is 11.3. The van der Waals surface area contributed by atoms with Crippen molar-refractivity contribution in [3.63, 3.8) is 0 Å². The van der Waals surface area contributed by atoms with Gasteiger partial charge in [-0.25, -0.2) is 0 Å². The van der Waals surface area contributed by atoms with E-state index in [-0.39, 0.29) is 11.8 Å². The number of hydrogen-bond acceptors (Lipinski definition) is 3. The molecule has 0 bridgehead atoms. The number of carbonyl (C=O) groups is 2. The number of unbranched alkanes of at least 4 members (excludes halogenated alkanes) is 2. The van der Waals surface area contributed by atoms with Crippen molar-refractivity contribution in [2.45, 2.75) is 32.1 Å². The molecule has 0 aromatic carbocycles. The van der Waals surface area contributed by atoms with Crippen LogP contribution in [0, 0.1) is 0 Å². The van der Waals surface area contributed by atoms with Gasteiger partial charge in [-0.3, -0.25) is 14.5 Å². The Labute approximate surface area is 131 Å². The Balaban J connectivity index is 1.45. The molecule has 4 heteroatoms. The van der Waals surface area contributed by atoms with Crippen LogP contribution in [0.4, 0.5) is 0 Å². The molecule has 1 aliphatic heterocycles. The smallest absolute Gasteiger partial charge is 0.253 e. The van der Waals surface area contributed by atoms with E-state index in [2.05, 4.69) is 24.3 Å². The molecule has 2 amide bonds. The number of rotatable bonds is 9. The van der Waals surface area contributed by atoms with E-state index in [1.165, 1.54) is 22.6 Å². The predicted molar refractivity (Wildman–Crippen MR) is 86.1 cm³/mol. The van der Waals surface area contributed by atoms with E-state index in [1.807, 2.05) is 6.08 Å². The standard InChI is InChI=1S/C18H23NO3/c20-17-11-12-18(21)19(17)13-5-2-6-14-22-15-7-10-16-8-3-1-4-9-16/h3,7-12H,1-2,4-6,13-15H2/b10-7+. The average Bonchev–Trinajstić information content (AvgIpc) is 2.86. The maximum Gasteiger partial charge on any atom is 0.253 e. The lowest BCUT2D eigenvalue weighted by molar-refractivity contribution is -0.136. The minimum atomic E-state index is -0.197. The van der Waals surface area contributed by atoms with Crippen LogP contribution in [-0.4, -0.2) is 36.5 Å². The highest BCUT2D eigenvalue weighted by Crippen LogP contribution is 2.10. The van der Waals surface area contributed by atoms with Gasteiger partial charge in [-0.2, -0.15) is 0 Å². The Morgan fingerprint density at radius 2 is 1.86 bits per heavy atom. The van der Waals surface area contributed by atoms with Gasteiger partial charge in [0.25, 0.3) is 11.8 Å². The number of ether oxygens (including phenoxy) is 1. The molecule has 2 rings (SSSR count). The average molecular weight is 301 g/mol. The number of nitrogens with zero attached hydrogens (tertiary/aromatic N) is 1. The first kappa shape index (κ1) is 16.4. The van der Waals surface area contributed by atoms with Crippen molar-refractivity contribution in [3.8, 4) is 0 Å². The van der Waals surface area contributed by atoms with E-state index >= 15 is 0 Å². The summed E-state index contributed by atoms with van der Waals surface area (Å²) >= 11 is 0. The van der Waals surface area contributed by atoms with Gasteiger partial charge in [-0.05, 0) is 37.7 Å². The van der Waals surface area contributed by atoms with E-state index in [0.29, 0.717) is 19.8 Å². The summed E-state index contributed by atoms with van der Waals surface area (Å²) in [5.74, 6) is -0.394. The Hall–Kier alpha value is -1.94. The molecule has 0 spiro atoms. The third kappa shape index (κ3) is 5.45. The summed E-state index contributed by atoms with van der Waals surface area (Å²) in [6, 6.07) is 0. The third-order valence-electron chi connectivity index (χ3n) is 3.62. The topological polar surface area (TPSA) is 46.6 Å². The van der Waals surface area contributed by atoms with Gasteiger partial charge in [0, 0.05) is 25.3 Å². The molecule has 0 radical (unpaired) electrons. The highest BCUT2D eigenvalue weighted by atomic mass is 16.5. The summed E-state index contributed by atoms with van der Waals surface area (Å²) in [5, 5.41) is 0. The first-order valence-electron chi connectivity index (χ1n) is 7.92. The monoisotopic (exact) mass is 301 g/mol. The van der Waals surface area contributed by atoms with Crippen molar-refractivity contribution in [3.05, 3.63) is 48.1 Å². The van der Waals surface area contributed by atoms with E-state index in [9.17, 15) is 9.59 Å². The van der Waals surface area contributed by atoms with Crippen LogP contribution in [0.5, 0.6) is 0 Å². The Bertz CT molecular complexity index is 496. The predicted octanol–water partition coefficient (Wildman–Crippen LogP) is 2.93. The quantitative estimate of drug-likeness (QED) is 0.486. The number of hydrogen-bond donors (Lipinski definition) is 0. The van der Waals surface area contributed by atoms with Crippen molar-refractivity contribution in [2.24, 2.45) is 0 Å². The fourth-order valence-corrected chi connectivity index (χ4v) is 2.40. The molecule has 0 N–H and O–H groups in total. The highest BCUT2D eigenvalue weighted by molar-refractivity contribution is 6.12. The van der Waals surface area contributed by atoms with Gasteiger partial charge in [-0.15, -0.1) is 0 Å². The fraction of sp³-hybridized carbons (Fsp3) is 0.444. The van der Waals surface area contributed by atoms with Crippen LogP contribution < -0.4 is 0 Å². The number of imide groups is 1. The van der Waals surface area contributed by atoms with Crippen LogP contribution >= 0.6 is 0 Å². The highest BCUT2D eigenvalue weighted by Gasteiger charge is 2.21. The Morgan fingerprint density at radius 3 is 2.59 bits per heavy atom. The molecule has 0 saturated carbocycles. The Morgan fingerprint density at radius 1 is 1.05 bits per heavy atom. The largest absolute Gasteiger partial charge is 0.377 e. The van der Waals surface area contributed by atoms with Gasteiger partial charge >= 0.3 is 0 Å². The number of carbonyl (C=O) groups excluding carboxylic acids is 2. The molecule has 0 unspecified atom stereocenters. The molecule has 22 heavy (non-hydrogen) atoms. The second kappa shape index (κ2) is 9.15. The minimum absolute atomic E-state index is 0.197. The van der Waals surface area contributed by atoms with Gasteiger partial charge in [0.2, 0.25) is 0 Å². The van der Waals surface area contributed by atoms with Gasteiger partial charge in [0.05, 0.1) is 6.61 Å². The second-order valence-electron chi connectivity index (χ2n) is 5.38. The second-order valence-corrected chi connectivity index (χ2v) is 5.38. The summed E-state index contributed by atoms with van der Waals surface area (Å²) < 4.78 is 5.54.